The van der Waals surface area contributed by atoms with E-state index in [0.717, 1.165) is 29.7 Å². The number of rotatable bonds is 5. The van der Waals surface area contributed by atoms with Gasteiger partial charge in [0.2, 0.25) is 0 Å². The molecule has 0 fully saturated rings. The fourth-order valence-corrected chi connectivity index (χ4v) is 3.32. The molecule has 2 heterocycles. The van der Waals surface area contributed by atoms with Gasteiger partial charge in [-0.15, -0.1) is 11.3 Å². The lowest BCUT2D eigenvalue weighted by Gasteiger charge is -2.06. The molecule has 0 saturated carbocycles. The molecule has 20 heavy (non-hydrogen) atoms. The zero-order chi connectivity index (χ0) is 13.9. The largest absolute Gasteiger partial charge is 0.494 e. The van der Waals surface area contributed by atoms with Crippen LogP contribution < -0.4 is 4.74 Å². The van der Waals surface area contributed by atoms with Crippen LogP contribution >= 0.6 is 22.9 Å². The Hall–Kier alpha value is -1.45. The van der Waals surface area contributed by atoms with Gasteiger partial charge >= 0.3 is 0 Å². The number of hydrogen-bond acceptors (Lipinski definition) is 2. The Balaban J connectivity index is 1.85. The van der Waals surface area contributed by atoms with Crippen LogP contribution in [0.25, 0.3) is 10.9 Å². The topological polar surface area (TPSA) is 14.2 Å². The number of ether oxygens (including phenoxy) is 1. The zero-order valence-corrected chi connectivity index (χ0v) is 12.9. The predicted octanol–water partition coefficient (Wildman–Crippen LogP) is 5.19. The van der Waals surface area contributed by atoms with Crippen LogP contribution in [0.15, 0.2) is 42.6 Å². The number of nitrogens with zero attached hydrogens (tertiary/aromatic N) is 1. The highest BCUT2D eigenvalue weighted by atomic mass is 35.5. The smallest absolute Gasteiger partial charge is 0.120 e. The monoisotopic (exact) mass is 305 g/mol. The second kappa shape index (κ2) is 5.90. The van der Waals surface area contributed by atoms with Crippen LogP contribution in [0.4, 0.5) is 0 Å². The normalized spacial score (nSPS) is 11.1. The summed E-state index contributed by atoms with van der Waals surface area (Å²) in [4.78, 5) is 1.26. The molecule has 2 nitrogen and oxygen atoms in total. The Morgan fingerprint density at radius 1 is 1.20 bits per heavy atom. The van der Waals surface area contributed by atoms with Crippen LogP contribution in [0, 0.1) is 0 Å². The number of aromatic nitrogens is 1. The van der Waals surface area contributed by atoms with Crippen LogP contribution in [-0.2, 0) is 6.54 Å². The molecule has 0 aliphatic heterocycles. The van der Waals surface area contributed by atoms with Crippen molar-refractivity contribution in [3.8, 4) is 5.75 Å². The van der Waals surface area contributed by atoms with Gasteiger partial charge in [0.1, 0.15) is 5.75 Å². The average molecular weight is 306 g/mol. The van der Waals surface area contributed by atoms with Gasteiger partial charge in [0.15, 0.2) is 0 Å². The molecule has 3 aromatic rings. The van der Waals surface area contributed by atoms with Gasteiger partial charge in [0, 0.05) is 22.0 Å². The molecular formula is C16H16ClNOS. The van der Waals surface area contributed by atoms with Crippen molar-refractivity contribution in [2.24, 2.45) is 0 Å². The standard InChI is InChI=1S/C16H16ClNOS/c1-2-9-19-13-3-5-15-12(10-13)7-8-18(15)11-14-4-6-16(17)20-14/h3-8,10H,2,9,11H2,1H3. The fraction of sp³-hybridized carbons (Fsp3) is 0.250. The van der Waals surface area contributed by atoms with Gasteiger partial charge in [-0.05, 0) is 42.8 Å². The molecule has 0 unspecified atom stereocenters. The maximum atomic E-state index is 5.98. The van der Waals surface area contributed by atoms with Crippen LogP contribution in [-0.4, -0.2) is 11.2 Å². The van der Waals surface area contributed by atoms with E-state index in [1.54, 1.807) is 11.3 Å². The zero-order valence-electron chi connectivity index (χ0n) is 11.3. The van der Waals surface area contributed by atoms with E-state index in [0.29, 0.717) is 0 Å². The minimum absolute atomic E-state index is 0.764. The van der Waals surface area contributed by atoms with E-state index in [9.17, 15) is 0 Å². The first kappa shape index (κ1) is 13.5. The lowest BCUT2D eigenvalue weighted by Crippen LogP contribution is -1.96. The van der Waals surface area contributed by atoms with E-state index >= 15 is 0 Å². The lowest BCUT2D eigenvalue weighted by molar-refractivity contribution is 0.318. The van der Waals surface area contributed by atoms with Crippen molar-refractivity contribution in [1.29, 1.82) is 0 Å². The maximum Gasteiger partial charge on any atom is 0.120 e. The molecular weight excluding hydrogens is 290 g/mol. The van der Waals surface area contributed by atoms with Gasteiger partial charge in [0.25, 0.3) is 0 Å². The van der Waals surface area contributed by atoms with Gasteiger partial charge in [-0.2, -0.15) is 0 Å². The molecule has 0 spiro atoms. The lowest BCUT2D eigenvalue weighted by atomic mass is 10.2. The predicted molar refractivity (Wildman–Crippen MR) is 86.2 cm³/mol. The van der Waals surface area contributed by atoms with Gasteiger partial charge in [-0.1, -0.05) is 18.5 Å². The Bertz CT molecular complexity index is 716. The number of thiophene rings is 1. The molecule has 4 heteroatoms. The summed E-state index contributed by atoms with van der Waals surface area (Å²) in [5, 5.41) is 1.21. The van der Waals surface area contributed by atoms with Crippen LogP contribution in [0.1, 0.15) is 18.2 Å². The Labute approximate surface area is 127 Å². The minimum atomic E-state index is 0.764. The third-order valence-electron chi connectivity index (χ3n) is 3.17. The summed E-state index contributed by atoms with van der Waals surface area (Å²) < 4.78 is 8.75. The summed E-state index contributed by atoms with van der Waals surface area (Å²) in [6.45, 7) is 3.73. The quantitative estimate of drug-likeness (QED) is 0.632. The second-order valence-electron chi connectivity index (χ2n) is 4.72. The van der Waals surface area contributed by atoms with Crippen molar-refractivity contribution < 1.29 is 4.74 Å². The van der Waals surface area contributed by atoms with Crippen LogP contribution in [0.5, 0.6) is 5.75 Å². The molecule has 0 amide bonds. The van der Waals surface area contributed by atoms with Crippen molar-refractivity contribution >= 4 is 33.8 Å². The molecule has 0 bridgehead atoms. The third-order valence-corrected chi connectivity index (χ3v) is 4.39. The summed E-state index contributed by atoms with van der Waals surface area (Å²) >= 11 is 7.61. The van der Waals surface area contributed by atoms with E-state index in [4.69, 9.17) is 16.3 Å². The summed E-state index contributed by atoms with van der Waals surface area (Å²) in [6, 6.07) is 12.4. The maximum absolute atomic E-state index is 5.98. The molecule has 0 aliphatic carbocycles. The Morgan fingerprint density at radius 3 is 2.85 bits per heavy atom. The van der Waals surface area contributed by atoms with E-state index in [2.05, 4.69) is 42.0 Å². The number of hydrogen-bond donors (Lipinski definition) is 0. The van der Waals surface area contributed by atoms with Crippen molar-refractivity contribution in [2.75, 3.05) is 6.61 Å². The third kappa shape index (κ3) is 2.84. The van der Waals surface area contributed by atoms with E-state index in [1.807, 2.05) is 12.1 Å². The summed E-state index contributed by atoms with van der Waals surface area (Å²) in [5.74, 6) is 0.941. The Morgan fingerprint density at radius 2 is 2.10 bits per heavy atom. The highest BCUT2D eigenvalue weighted by Gasteiger charge is 2.05. The molecule has 3 rings (SSSR count). The highest BCUT2D eigenvalue weighted by molar-refractivity contribution is 7.16. The van der Waals surface area contributed by atoms with Crippen LogP contribution in [0.3, 0.4) is 0 Å². The summed E-state index contributed by atoms with van der Waals surface area (Å²) in [5.41, 5.74) is 1.22. The molecule has 0 radical (unpaired) electrons. The Kier molecular flexibility index (Phi) is 3.99. The molecule has 0 atom stereocenters. The van der Waals surface area contributed by atoms with Crippen molar-refractivity contribution in [1.82, 2.24) is 4.57 Å². The van der Waals surface area contributed by atoms with Crippen molar-refractivity contribution in [3.05, 3.63) is 51.8 Å². The van der Waals surface area contributed by atoms with Crippen LogP contribution in [0.2, 0.25) is 4.34 Å². The SMILES string of the molecule is CCCOc1ccc2c(ccn2Cc2ccc(Cl)s2)c1. The first-order valence-electron chi connectivity index (χ1n) is 6.72. The first-order valence-corrected chi connectivity index (χ1v) is 7.91. The minimum Gasteiger partial charge on any atom is -0.494 e. The van der Waals surface area contributed by atoms with Gasteiger partial charge in [-0.25, -0.2) is 0 Å². The van der Waals surface area contributed by atoms with Gasteiger partial charge < -0.3 is 9.30 Å². The van der Waals surface area contributed by atoms with Gasteiger partial charge in [0.05, 0.1) is 17.5 Å². The van der Waals surface area contributed by atoms with Crippen molar-refractivity contribution in [3.63, 3.8) is 0 Å². The summed E-state index contributed by atoms with van der Waals surface area (Å²) in [7, 11) is 0. The second-order valence-corrected chi connectivity index (χ2v) is 6.52. The molecule has 2 aromatic heterocycles. The molecule has 104 valence electrons. The van der Waals surface area contributed by atoms with E-state index < -0.39 is 0 Å². The van der Waals surface area contributed by atoms with Crippen molar-refractivity contribution in [2.45, 2.75) is 19.9 Å². The fourth-order valence-electron chi connectivity index (χ4n) is 2.23. The molecule has 0 N–H and O–H groups in total. The van der Waals surface area contributed by atoms with E-state index in [-0.39, 0.29) is 0 Å². The molecule has 1 aromatic carbocycles. The first-order chi connectivity index (χ1) is 9.76. The van der Waals surface area contributed by atoms with Gasteiger partial charge in [-0.3, -0.25) is 0 Å². The molecule has 0 saturated heterocycles. The van der Waals surface area contributed by atoms with E-state index in [1.165, 1.54) is 15.8 Å². The number of fused-ring (bicyclic) bond motifs is 1. The summed E-state index contributed by atoms with van der Waals surface area (Å²) in [6.07, 6.45) is 3.14. The number of benzene rings is 1. The number of halogens is 1. The average Bonchev–Trinajstić information content (AvgIpc) is 3.04. The highest BCUT2D eigenvalue weighted by Crippen LogP contribution is 2.26. The molecule has 0 aliphatic rings.